The summed E-state index contributed by atoms with van der Waals surface area (Å²) in [6.45, 7) is 10.6. The second-order valence-electron chi connectivity index (χ2n) is 5.46. The molecule has 1 heterocycles. The summed E-state index contributed by atoms with van der Waals surface area (Å²) in [5.41, 5.74) is -0.412. The van der Waals surface area contributed by atoms with E-state index in [1.807, 2.05) is 20.8 Å². The fourth-order valence-corrected chi connectivity index (χ4v) is 1.94. The molecule has 1 atom stereocenters. The van der Waals surface area contributed by atoms with Crippen molar-refractivity contribution in [3.63, 3.8) is 0 Å². The van der Waals surface area contributed by atoms with Crippen molar-refractivity contribution in [2.75, 3.05) is 19.6 Å². The van der Waals surface area contributed by atoms with Crippen molar-refractivity contribution in [1.29, 1.82) is 0 Å². The Kier molecular flexibility index (Phi) is 4.59. The molecule has 0 spiro atoms. The minimum Gasteiger partial charge on any atom is -0.444 e. The second-order valence-corrected chi connectivity index (χ2v) is 5.46. The molecule has 1 saturated heterocycles. The summed E-state index contributed by atoms with van der Waals surface area (Å²) in [6.07, 6.45) is 2.22. The summed E-state index contributed by atoms with van der Waals surface area (Å²) in [6, 6.07) is 0.653. The molecule has 0 aromatic rings. The molecule has 1 fully saturated rings. The van der Waals surface area contributed by atoms with Crippen molar-refractivity contribution in [2.24, 2.45) is 0 Å². The third-order valence-corrected chi connectivity index (χ3v) is 2.76. The topological polar surface area (TPSA) is 41.6 Å². The lowest BCUT2D eigenvalue weighted by Crippen LogP contribution is -2.38. The predicted octanol–water partition coefficient (Wildman–Crippen LogP) is 2.00. The summed E-state index contributed by atoms with van der Waals surface area (Å²) in [5.74, 6) is 0. The molecule has 0 aromatic heterocycles. The lowest BCUT2D eigenvalue weighted by molar-refractivity contribution is 0.0521. The number of alkyl carbamates (subject to hydrolysis) is 1. The molecule has 4 nitrogen and oxygen atoms in total. The minimum atomic E-state index is -0.412. The van der Waals surface area contributed by atoms with E-state index in [1.165, 1.54) is 12.8 Å². The van der Waals surface area contributed by atoms with E-state index in [-0.39, 0.29) is 6.09 Å². The van der Waals surface area contributed by atoms with Gasteiger partial charge in [0.25, 0.3) is 0 Å². The second kappa shape index (κ2) is 5.53. The van der Waals surface area contributed by atoms with Gasteiger partial charge in [-0.15, -0.1) is 0 Å². The first-order valence-electron chi connectivity index (χ1n) is 6.09. The largest absolute Gasteiger partial charge is 0.444 e. The number of carbonyl (C=O) groups excluding carboxylic acids is 1. The van der Waals surface area contributed by atoms with E-state index in [1.54, 1.807) is 0 Å². The molecular weight excluding hydrogens is 204 g/mol. The molecule has 16 heavy (non-hydrogen) atoms. The first-order valence-corrected chi connectivity index (χ1v) is 6.09. The highest BCUT2D eigenvalue weighted by Crippen LogP contribution is 2.15. The maximum atomic E-state index is 11.4. The monoisotopic (exact) mass is 228 g/mol. The summed E-state index contributed by atoms with van der Waals surface area (Å²) in [7, 11) is 0. The van der Waals surface area contributed by atoms with Gasteiger partial charge >= 0.3 is 6.09 Å². The van der Waals surface area contributed by atoms with Gasteiger partial charge in [-0.2, -0.15) is 0 Å². The fraction of sp³-hybridized carbons (Fsp3) is 0.917. The minimum absolute atomic E-state index is 0.320. The normalized spacial score (nSPS) is 22.1. The van der Waals surface area contributed by atoms with Crippen molar-refractivity contribution < 1.29 is 9.53 Å². The van der Waals surface area contributed by atoms with E-state index in [9.17, 15) is 4.79 Å². The standard InChI is InChI=1S/C12H24N2O2/c1-10-6-5-8-14(10)9-7-13-11(15)16-12(2,3)4/h10H,5-9H2,1-4H3,(H,13,15)/t10-/m0/s1. The number of carbonyl (C=O) groups is 1. The van der Waals surface area contributed by atoms with Crippen LogP contribution in [0.25, 0.3) is 0 Å². The highest BCUT2D eigenvalue weighted by molar-refractivity contribution is 5.67. The van der Waals surface area contributed by atoms with Crippen LogP contribution in [0.4, 0.5) is 4.79 Å². The van der Waals surface area contributed by atoms with Gasteiger partial charge in [-0.25, -0.2) is 4.79 Å². The molecule has 1 N–H and O–H groups in total. The fourth-order valence-electron chi connectivity index (χ4n) is 1.94. The zero-order valence-electron chi connectivity index (χ0n) is 10.9. The van der Waals surface area contributed by atoms with Crippen molar-refractivity contribution >= 4 is 6.09 Å². The quantitative estimate of drug-likeness (QED) is 0.803. The van der Waals surface area contributed by atoms with Crippen LogP contribution >= 0.6 is 0 Å². The molecular formula is C12H24N2O2. The van der Waals surface area contributed by atoms with E-state index in [0.717, 1.165) is 13.1 Å². The van der Waals surface area contributed by atoms with Gasteiger partial charge in [0.2, 0.25) is 0 Å². The first kappa shape index (κ1) is 13.3. The number of ether oxygens (including phenoxy) is 1. The van der Waals surface area contributed by atoms with Crippen LogP contribution in [0.5, 0.6) is 0 Å². The van der Waals surface area contributed by atoms with E-state index < -0.39 is 5.60 Å². The maximum Gasteiger partial charge on any atom is 0.407 e. The zero-order chi connectivity index (χ0) is 12.2. The summed E-state index contributed by atoms with van der Waals surface area (Å²) in [5, 5.41) is 2.78. The molecule has 94 valence electrons. The van der Waals surface area contributed by atoms with Gasteiger partial charge in [0.15, 0.2) is 0 Å². The van der Waals surface area contributed by atoms with E-state index >= 15 is 0 Å². The Hall–Kier alpha value is -0.770. The highest BCUT2D eigenvalue weighted by atomic mass is 16.6. The Morgan fingerprint density at radius 3 is 2.69 bits per heavy atom. The number of nitrogens with one attached hydrogen (secondary N) is 1. The van der Waals surface area contributed by atoms with Crippen LogP contribution < -0.4 is 5.32 Å². The molecule has 1 aliphatic rings. The van der Waals surface area contributed by atoms with Crippen molar-refractivity contribution in [3.8, 4) is 0 Å². The average molecular weight is 228 g/mol. The molecule has 0 bridgehead atoms. The Morgan fingerprint density at radius 2 is 2.19 bits per heavy atom. The van der Waals surface area contributed by atoms with Crippen LogP contribution in [0.3, 0.4) is 0 Å². The van der Waals surface area contributed by atoms with Crippen molar-refractivity contribution in [3.05, 3.63) is 0 Å². The molecule has 0 saturated carbocycles. The number of nitrogens with zero attached hydrogens (tertiary/aromatic N) is 1. The number of rotatable bonds is 3. The Bertz CT molecular complexity index is 236. The van der Waals surface area contributed by atoms with Gasteiger partial charge in [-0.05, 0) is 47.1 Å². The Balaban J connectivity index is 2.13. The lowest BCUT2D eigenvalue weighted by Gasteiger charge is -2.22. The van der Waals surface area contributed by atoms with Gasteiger partial charge in [0, 0.05) is 19.1 Å². The smallest absolute Gasteiger partial charge is 0.407 e. The Labute approximate surface area is 98.3 Å². The molecule has 4 heteroatoms. The SMILES string of the molecule is C[C@H]1CCCN1CCNC(=O)OC(C)(C)C. The molecule has 0 radical (unpaired) electrons. The summed E-state index contributed by atoms with van der Waals surface area (Å²) in [4.78, 5) is 13.8. The van der Waals surface area contributed by atoms with E-state index in [0.29, 0.717) is 12.6 Å². The molecule has 1 rings (SSSR count). The van der Waals surface area contributed by atoms with E-state index in [2.05, 4.69) is 17.1 Å². The predicted molar refractivity (Wildman–Crippen MR) is 64.5 cm³/mol. The molecule has 1 aliphatic heterocycles. The maximum absolute atomic E-state index is 11.4. The zero-order valence-corrected chi connectivity index (χ0v) is 10.9. The van der Waals surface area contributed by atoms with Crippen LogP contribution in [-0.4, -0.2) is 42.3 Å². The first-order chi connectivity index (χ1) is 7.38. The van der Waals surface area contributed by atoms with Crippen LogP contribution in [0.1, 0.15) is 40.5 Å². The Morgan fingerprint density at radius 1 is 1.50 bits per heavy atom. The van der Waals surface area contributed by atoms with Gasteiger partial charge in [0.1, 0.15) is 5.60 Å². The van der Waals surface area contributed by atoms with Gasteiger partial charge < -0.3 is 10.1 Å². The van der Waals surface area contributed by atoms with Gasteiger partial charge in [-0.1, -0.05) is 0 Å². The number of hydrogen-bond acceptors (Lipinski definition) is 3. The summed E-state index contributed by atoms with van der Waals surface area (Å²) >= 11 is 0. The summed E-state index contributed by atoms with van der Waals surface area (Å²) < 4.78 is 5.16. The molecule has 0 aliphatic carbocycles. The van der Waals surface area contributed by atoms with Crippen LogP contribution in [-0.2, 0) is 4.74 Å². The third kappa shape index (κ3) is 4.84. The van der Waals surface area contributed by atoms with Crippen LogP contribution in [0, 0.1) is 0 Å². The lowest BCUT2D eigenvalue weighted by atomic mass is 10.2. The molecule has 0 unspecified atom stereocenters. The number of amides is 1. The van der Waals surface area contributed by atoms with Crippen LogP contribution in [0.15, 0.2) is 0 Å². The number of likely N-dealkylation sites (tertiary alicyclic amines) is 1. The third-order valence-electron chi connectivity index (χ3n) is 2.76. The van der Waals surface area contributed by atoms with Crippen LogP contribution in [0.2, 0.25) is 0 Å². The van der Waals surface area contributed by atoms with Gasteiger partial charge in [-0.3, -0.25) is 4.90 Å². The molecule has 1 amide bonds. The number of hydrogen-bond donors (Lipinski definition) is 1. The average Bonchev–Trinajstić information content (AvgIpc) is 2.48. The van der Waals surface area contributed by atoms with Gasteiger partial charge in [0.05, 0.1) is 0 Å². The van der Waals surface area contributed by atoms with Crippen molar-refractivity contribution in [2.45, 2.75) is 52.2 Å². The molecule has 0 aromatic carbocycles. The highest BCUT2D eigenvalue weighted by Gasteiger charge is 2.20. The van der Waals surface area contributed by atoms with E-state index in [4.69, 9.17) is 4.74 Å². The van der Waals surface area contributed by atoms with Crippen molar-refractivity contribution in [1.82, 2.24) is 10.2 Å².